The summed E-state index contributed by atoms with van der Waals surface area (Å²) in [5.41, 5.74) is -0.757. The van der Waals surface area contributed by atoms with Gasteiger partial charge in [-0.05, 0) is 22.0 Å². The lowest BCUT2D eigenvalue weighted by atomic mass is 9.90. The molecule has 0 spiro atoms. The highest BCUT2D eigenvalue weighted by atomic mass is 79.9. The normalized spacial score (nSPS) is 11.7. The third-order valence-electron chi connectivity index (χ3n) is 2.80. The van der Waals surface area contributed by atoms with Gasteiger partial charge in [0.2, 0.25) is 0 Å². The van der Waals surface area contributed by atoms with Crippen LogP contribution >= 0.6 is 15.9 Å². The molecule has 112 valence electrons. The molecule has 2 rings (SSSR count). The molecule has 1 N–H and O–H groups in total. The van der Waals surface area contributed by atoms with Crippen molar-refractivity contribution in [1.29, 1.82) is 0 Å². The zero-order valence-electron chi connectivity index (χ0n) is 11.5. The van der Waals surface area contributed by atoms with Gasteiger partial charge in [0.25, 0.3) is 0 Å². The molecule has 5 nitrogen and oxygen atoms in total. The van der Waals surface area contributed by atoms with Gasteiger partial charge in [-0.15, -0.1) is 5.10 Å². The van der Waals surface area contributed by atoms with Crippen molar-refractivity contribution in [2.45, 2.75) is 26.2 Å². The largest absolute Gasteiger partial charge is 0.476 e. The minimum Gasteiger partial charge on any atom is -0.476 e. The van der Waals surface area contributed by atoms with Crippen LogP contribution in [0, 0.1) is 11.6 Å². The molecule has 0 saturated heterocycles. The number of aromatic nitrogens is 3. The topological polar surface area (TPSA) is 68.0 Å². The Morgan fingerprint density at radius 1 is 1.29 bits per heavy atom. The quantitative estimate of drug-likeness (QED) is 0.835. The molecule has 0 aliphatic heterocycles. The lowest BCUT2D eigenvalue weighted by Crippen LogP contribution is -2.21. The van der Waals surface area contributed by atoms with E-state index in [9.17, 15) is 18.7 Å². The van der Waals surface area contributed by atoms with Crippen molar-refractivity contribution >= 4 is 21.9 Å². The third kappa shape index (κ3) is 2.80. The molecule has 21 heavy (non-hydrogen) atoms. The van der Waals surface area contributed by atoms with Gasteiger partial charge in [-0.2, -0.15) is 0 Å². The van der Waals surface area contributed by atoms with Crippen molar-refractivity contribution in [2.75, 3.05) is 0 Å². The Morgan fingerprint density at radius 3 is 2.43 bits per heavy atom. The predicted molar refractivity (Wildman–Crippen MR) is 74.6 cm³/mol. The zero-order chi connectivity index (χ0) is 15.9. The lowest BCUT2D eigenvalue weighted by Gasteiger charge is -2.20. The van der Waals surface area contributed by atoms with Crippen LogP contribution in [0.5, 0.6) is 0 Å². The Morgan fingerprint density at radius 2 is 1.90 bits per heavy atom. The van der Waals surface area contributed by atoms with E-state index in [4.69, 9.17) is 0 Å². The van der Waals surface area contributed by atoms with Crippen LogP contribution in [-0.2, 0) is 5.41 Å². The first-order valence-electron chi connectivity index (χ1n) is 5.97. The van der Waals surface area contributed by atoms with Crippen LogP contribution in [0.15, 0.2) is 16.6 Å². The number of carboxylic acid groups (broad SMARTS) is 1. The Labute approximate surface area is 127 Å². The molecule has 0 aliphatic rings. The molecule has 0 amide bonds. The maximum absolute atomic E-state index is 14.0. The van der Waals surface area contributed by atoms with Crippen LogP contribution in [0.25, 0.3) is 5.69 Å². The van der Waals surface area contributed by atoms with E-state index in [1.54, 1.807) is 20.8 Å². The van der Waals surface area contributed by atoms with Gasteiger partial charge in [0.15, 0.2) is 11.5 Å². The van der Waals surface area contributed by atoms with Crippen molar-refractivity contribution in [2.24, 2.45) is 0 Å². The van der Waals surface area contributed by atoms with Crippen LogP contribution in [0.1, 0.15) is 37.0 Å². The molecule has 0 saturated carbocycles. The van der Waals surface area contributed by atoms with Crippen LogP contribution < -0.4 is 0 Å². The number of benzene rings is 1. The third-order valence-corrected chi connectivity index (χ3v) is 3.41. The van der Waals surface area contributed by atoms with Gasteiger partial charge in [0.05, 0.1) is 10.2 Å². The minimum absolute atomic E-state index is 0.0473. The van der Waals surface area contributed by atoms with E-state index in [-0.39, 0.29) is 21.5 Å². The molecule has 0 aliphatic carbocycles. The smallest absolute Gasteiger partial charge is 0.358 e. The summed E-state index contributed by atoms with van der Waals surface area (Å²) in [5.74, 6) is -2.87. The Balaban J connectivity index is 2.77. The maximum Gasteiger partial charge on any atom is 0.358 e. The molecule has 0 unspecified atom stereocenters. The van der Waals surface area contributed by atoms with Crippen molar-refractivity contribution in [3.8, 4) is 5.69 Å². The molecule has 0 bridgehead atoms. The molecule has 0 atom stereocenters. The molecule has 1 heterocycles. The molecule has 0 fully saturated rings. The number of halogens is 3. The fraction of sp³-hybridized carbons (Fsp3) is 0.308. The van der Waals surface area contributed by atoms with Gasteiger partial charge in [-0.25, -0.2) is 18.3 Å². The molecule has 8 heteroatoms. The van der Waals surface area contributed by atoms with Crippen LogP contribution in [-0.4, -0.2) is 26.1 Å². The highest BCUT2D eigenvalue weighted by molar-refractivity contribution is 9.10. The Hall–Kier alpha value is -1.83. The van der Waals surface area contributed by atoms with Gasteiger partial charge in [-0.1, -0.05) is 26.0 Å². The average molecular weight is 360 g/mol. The van der Waals surface area contributed by atoms with Crippen molar-refractivity contribution in [3.63, 3.8) is 0 Å². The lowest BCUT2D eigenvalue weighted by molar-refractivity contribution is 0.0687. The van der Waals surface area contributed by atoms with Crippen LogP contribution in [0.3, 0.4) is 0 Å². The predicted octanol–water partition coefficient (Wildman–Crippen LogP) is 3.30. The second-order valence-corrected chi connectivity index (χ2v) is 6.33. The average Bonchev–Trinajstić information content (AvgIpc) is 2.78. The van der Waals surface area contributed by atoms with E-state index in [1.165, 1.54) is 6.07 Å². The summed E-state index contributed by atoms with van der Waals surface area (Å²) < 4.78 is 28.4. The fourth-order valence-corrected chi connectivity index (χ4v) is 2.27. The van der Waals surface area contributed by atoms with Crippen LogP contribution in [0.4, 0.5) is 8.78 Å². The molecule has 1 aromatic carbocycles. The first-order chi connectivity index (χ1) is 9.62. The van der Waals surface area contributed by atoms with E-state index >= 15 is 0 Å². The summed E-state index contributed by atoms with van der Waals surface area (Å²) in [6, 6.07) is 1.90. The summed E-state index contributed by atoms with van der Waals surface area (Å²) in [4.78, 5) is 11.2. The summed E-state index contributed by atoms with van der Waals surface area (Å²) in [6.07, 6.45) is 0. The van der Waals surface area contributed by atoms with Crippen LogP contribution in [0.2, 0.25) is 0 Å². The van der Waals surface area contributed by atoms with E-state index in [0.717, 1.165) is 4.68 Å². The first-order valence-corrected chi connectivity index (χ1v) is 6.76. The fourth-order valence-electron chi connectivity index (χ4n) is 1.94. The number of nitrogens with zero attached hydrogens (tertiary/aromatic N) is 3. The zero-order valence-corrected chi connectivity index (χ0v) is 13.1. The molecular formula is C13H12BrF2N3O2. The van der Waals surface area contributed by atoms with Crippen molar-refractivity contribution < 1.29 is 18.7 Å². The summed E-state index contributed by atoms with van der Waals surface area (Å²) in [5, 5.41) is 16.5. The number of hydrogen-bond acceptors (Lipinski definition) is 3. The van der Waals surface area contributed by atoms with Gasteiger partial charge in [-0.3, -0.25) is 0 Å². The first kappa shape index (κ1) is 15.6. The van der Waals surface area contributed by atoms with Crippen molar-refractivity contribution in [3.05, 3.63) is 39.6 Å². The number of hydrogen-bond donors (Lipinski definition) is 1. The molecule has 0 radical (unpaired) electrons. The van der Waals surface area contributed by atoms with E-state index < -0.39 is 23.0 Å². The Bertz CT molecular complexity index is 723. The second-order valence-electron chi connectivity index (χ2n) is 5.47. The van der Waals surface area contributed by atoms with E-state index in [0.29, 0.717) is 6.07 Å². The van der Waals surface area contributed by atoms with Gasteiger partial charge in [0, 0.05) is 11.5 Å². The summed E-state index contributed by atoms with van der Waals surface area (Å²) >= 11 is 2.97. The van der Waals surface area contributed by atoms with Gasteiger partial charge >= 0.3 is 5.97 Å². The number of carboxylic acids is 1. The highest BCUT2D eigenvalue weighted by Gasteiger charge is 2.30. The monoisotopic (exact) mass is 359 g/mol. The van der Waals surface area contributed by atoms with Gasteiger partial charge in [0.1, 0.15) is 11.5 Å². The maximum atomic E-state index is 14.0. The standard InChI is InChI=1S/C13H12BrF2N3O2/c1-13(2,3)11-10(12(20)21)17-18-19(11)9-4-6(14)7(15)5-8(9)16/h4-5H,1-3H3,(H,20,21). The van der Waals surface area contributed by atoms with E-state index in [1.807, 2.05) is 0 Å². The number of aromatic carboxylic acids is 1. The second kappa shape index (κ2) is 5.18. The van der Waals surface area contributed by atoms with E-state index in [2.05, 4.69) is 26.2 Å². The van der Waals surface area contributed by atoms with Gasteiger partial charge < -0.3 is 5.11 Å². The highest BCUT2D eigenvalue weighted by Crippen LogP contribution is 2.30. The molecule has 1 aromatic heterocycles. The van der Waals surface area contributed by atoms with Crippen molar-refractivity contribution in [1.82, 2.24) is 15.0 Å². The summed E-state index contributed by atoms with van der Waals surface area (Å²) in [6.45, 7) is 5.27. The SMILES string of the molecule is CC(C)(C)c1c(C(=O)O)nnn1-c1cc(Br)c(F)cc1F. The minimum atomic E-state index is -1.26. The molecule has 2 aromatic rings. The molecular weight excluding hydrogens is 348 g/mol. The number of carbonyl (C=O) groups is 1. The summed E-state index contributed by atoms with van der Waals surface area (Å²) in [7, 11) is 0. The number of rotatable bonds is 2. The Kier molecular flexibility index (Phi) is 3.83.